The Morgan fingerprint density at radius 1 is 1.10 bits per heavy atom. The van der Waals surface area contributed by atoms with Gasteiger partial charge in [0.1, 0.15) is 4.90 Å². The first-order valence-corrected chi connectivity index (χ1v) is 10.7. The number of sulfonamides is 1. The second kappa shape index (κ2) is 8.92. The summed E-state index contributed by atoms with van der Waals surface area (Å²) in [4.78, 5) is 12.0. The Morgan fingerprint density at radius 2 is 1.83 bits per heavy atom. The molecule has 0 fully saturated rings. The number of likely N-dealkylation sites (N-methyl/N-ethyl adjacent to an activating group) is 1. The number of hydrazone groups is 1. The Kier molecular flexibility index (Phi) is 6.54. The number of carbonyl (C=O) groups excluding carboxylic acids is 1. The molecule has 150 valence electrons. The van der Waals surface area contributed by atoms with Gasteiger partial charge in [-0.25, -0.2) is 13.8 Å². The molecule has 0 heterocycles. The van der Waals surface area contributed by atoms with Gasteiger partial charge in [-0.2, -0.15) is 9.41 Å². The number of hydrogen-bond acceptors (Lipinski definition) is 4. The Morgan fingerprint density at radius 3 is 2.62 bits per heavy atom. The van der Waals surface area contributed by atoms with E-state index in [-0.39, 0.29) is 14.9 Å². The number of fused-ring (bicyclic) bond motifs is 1. The Balaban J connectivity index is 1.68. The largest absolute Gasteiger partial charge is 0.272 e. The highest BCUT2D eigenvalue weighted by molar-refractivity contribution is 7.89. The number of nitrogens with one attached hydrogen (secondary N) is 1. The van der Waals surface area contributed by atoms with E-state index in [1.54, 1.807) is 0 Å². The van der Waals surface area contributed by atoms with Crippen molar-refractivity contribution in [3.63, 3.8) is 0 Å². The van der Waals surface area contributed by atoms with Crippen LogP contribution in [0.2, 0.25) is 10.0 Å². The maximum atomic E-state index is 12.6. The molecule has 3 rings (SSSR count). The van der Waals surface area contributed by atoms with E-state index in [4.69, 9.17) is 23.2 Å². The predicted octanol–water partition coefficient (Wildman–Crippen LogP) is 3.92. The summed E-state index contributed by atoms with van der Waals surface area (Å²) in [5.41, 5.74) is 3.17. The van der Waals surface area contributed by atoms with Gasteiger partial charge < -0.3 is 0 Å². The fraction of sp³-hybridized carbons (Fsp3) is 0.100. The van der Waals surface area contributed by atoms with E-state index in [1.165, 1.54) is 31.5 Å². The van der Waals surface area contributed by atoms with E-state index in [0.29, 0.717) is 0 Å². The van der Waals surface area contributed by atoms with Crippen LogP contribution in [0, 0.1) is 0 Å². The topological polar surface area (TPSA) is 78.8 Å². The third-order valence-corrected chi connectivity index (χ3v) is 6.68. The van der Waals surface area contributed by atoms with Crippen LogP contribution in [0.3, 0.4) is 0 Å². The van der Waals surface area contributed by atoms with Crippen molar-refractivity contribution in [3.05, 3.63) is 76.3 Å². The zero-order valence-corrected chi connectivity index (χ0v) is 17.7. The van der Waals surface area contributed by atoms with Crippen LogP contribution in [0.25, 0.3) is 10.8 Å². The first-order valence-electron chi connectivity index (χ1n) is 8.50. The van der Waals surface area contributed by atoms with E-state index in [0.717, 1.165) is 20.6 Å². The summed E-state index contributed by atoms with van der Waals surface area (Å²) in [7, 11) is -2.71. The van der Waals surface area contributed by atoms with Gasteiger partial charge in [-0.15, -0.1) is 0 Å². The van der Waals surface area contributed by atoms with Crippen LogP contribution in [0.1, 0.15) is 5.56 Å². The van der Waals surface area contributed by atoms with E-state index < -0.39 is 22.5 Å². The highest BCUT2D eigenvalue weighted by Crippen LogP contribution is 2.27. The number of nitrogens with zero attached hydrogens (tertiary/aromatic N) is 2. The summed E-state index contributed by atoms with van der Waals surface area (Å²) >= 11 is 11.8. The molecule has 0 aliphatic carbocycles. The number of amides is 1. The van der Waals surface area contributed by atoms with Gasteiger partial charge in [0.15, 0.2) is 0 Å². The molecule has 6 nitrogen and oxygen atoms in total. The SMILES string of the molecule is CN(CC(=O)N/N=C\c1cccc2ccccc12)S(=O)(=O)c1cc(Cl)ccc1Cl. The number of benzene rings is 3. The molecule has 0 unspecified atom stereocenters. The Hall–Kier alpha value is -2.45. The van der Waals surface area contributed by atoms with Crippen LogP contribution in [-0.4, -0.2) is 38.4 Å². The lowest BCUT2D eigenvalue weighted by Gasteiger charge is -2.17. The van der Waals surface area contributed by atoms with Crippen molar-refractivity contribution in [1.29, 1.82) is 0 Å². The van der Waals surface area contributed by atoms with Crippen LogP contribution in [-0.2, 0) is 14.8 Å². The average molecular weight is 450 g/mol. The molecule has 0 saturated carbocycles. The molecule has 0 saturated heterocycles. The minimum atomic E-state index is -3.99. The van der Waals surface area contributed by atoms with Gasteiger partial charge in [-0.3, -0.25) is 4.79 Å². The average Bonchev–Trinajstić information content (AvgIpc) is 2.69. The standard InChI is InChI=1S/C20H17Cl2N3O3S/c1-25(29(27,28)19-11-16(21)9-10-18(19)22)13-20(26)24-23-12-15-7-4-6-14-5-2-3-8-17(14)15/h2-12H,13H2,1H3,(H,24,26)/b23-12-. The number of halogens is 2. The van der Waals surface area contributed by atoms with Crippen LogP contribution in [0.5, 0.6) is 0 Å². The lowest BCUT2D eigenvalue weighted by atomic mass is 10.1. The van der Waals surface area contributed by atoms with Crippen LogP contribution in [0.4, 0.5) is 0 Å². The van der Waals surface area contributed by atoms with Gasteiger partial charge >= 0.3 is 0 Å². The molecular formula is C20H17Cl2N3O3S. The Bertz CT molecular complexity index is 1190. The van der Waals surface area contributed by atoms with E-state index in [1.807, 2.05) is 42.5 Å². The van der Waals surface area contributed by atoms with Gasteiger partial charge in [0.2, 0.25) is 10.0 Å². The molecule has 1 amide bonds. The molecule has 3 aromatic carbocycles. The number of hydrogen-bond donors (Lipinski definition) is 1. The molecule has 29 heavy (non-hydrogen) atoms. The first kappa shape index (κ1) is 21.3. The van der Waals surface area contributed by atoms with Crippen molar-refractivity contribution in [1.82, 2.24) is 9.73 Å². The van der Waals surface area contributed by atoms with Crippen molar-refractivity contribution < 1.29 is 13.2 Å². The summed E-state index contributed by atoms with van der Waals surface area (Å²) in [6.07, 6.45) is 1.52. The van der Waals surface area contributed by atoms with Crippen molar-refractivity contribution in [2.45, 2.75) is 4.90 Å². The fourth-order valence-corrected chi connectivity index (χ4v) is 4.56. The van der Waals surface area contributed by atoms with Gasteiger partial charge in [0, 0.05) is 17.6 Å². The van der Waals surface area contributed by atoms with E-state index in [2.05, 4.69) is 10.5 Å². The van der Waals surface area contributed by atoms with Crippen LogP contribution < -0.4 is 5.43 Å². The minimum Gasteiger partial charge on any atom is -0.272 e. The molecule has 0 aliphatic rings. The summed E-state index contributed by atoms with van der Waals surface area (Å²) < 4.78 is 26.2. The molecule has 0 bridgehead atoms. The van der Waals surface area contributed by atoms with Gasteiger partial charge in [-0.1, -0.05) is 65.7 Å². The lowest BCUT2D eigenvalue weighted by Crippen LogP contribution is -2.36. The molecule has 0 radical (unpaired) electrons. The van der Waals surface area contributed by atoms with Crippen molar-refractivity contribution in [2.75, 3.05) is 13.6 Å². The Labute approximate surface area is 178 Å². The monoisotopic (exact) mass is 449 g/mol. The normalized spacial score (nSPS) is 12.0. The third-order valence-electron chi connectivity index (χ3n) is 4.16. The highest BCUT2D eigenvalue weighted by atomic mass is 35.5. The molecule has 3 aromatic rings. The maximum absolute atomic E-state index is 12.6. The predicted molar refractivity (Wildman–Crippen MR) is 116 cm³/mol. The second-order valence-corrected chi connectivity index (χ2v) is 9.05. The maximum Gasteiger partial charge on any atom is 0.255 e. The highest BCUT2D eigenvalue weighted by Gasteiger charge is 2.25. The zero-order chi connectivity index (χ0) is 21.0. The van der Waals surface area contributed by atoms with E-state index >= 15 is 0 Å². The molecule has 0 atom stereocenters. The van der Waals surface area contributed by atoms with Crippen LogP contribution >= 0.6 is 23.2 Å². The molecule has 0 aromatic heterocycles. The van der Waals surface area contributed by atoms with Gasteiger partial charge in [0.25, 0.3) is 5.91 Å². The van der Waals surface area contributed by atoms with Gasteiger partial charge in [-0.05, 0) is 29.0 Å². The van der Waals surface area contributed by atoms with Crippen molar-refractivity contribution in [3.8, 4) is 0 Å². The number of rotatable bonds is 6. The fourth-order valence-electron chi connectivity index (χ4n) is 2.70. The van der Waals surface area contributed by atoms with E-state index in [9.17, 15) is 13.2 Å². The van der Waals surface area contributed by atoms with Crippen LogP contribution in [0.15, 0.2) is 70.7 Å². The summed E-state index contributed by atoms with van der Waals surface area (Å²) in [5.74, 6) is -0.592. The second-order valence-electron chi connectivity index (χ2n) is 6.20. The number of carbonyl (C=O) groups is 1. The van der Waals surface area contributed by atoms with Gasteiger partial charge in [0.05, 0.1) is 17.8 Å². The molecule has 0 spiro atoms. The van der Waals surface area contributed by atoms with Crippen molar-refractivity contribution in [2.24, 2.45) is 5.10 Å². The molecular weight excluding hydrogens is 433 g/mol. The molecule has 9 heteroatoms. The minimum absolute atomic E-state index is 0.0237. The summed E-state index contributed by atoms with van der Waals surface area (Å²) in [5, 5.41) is 6.23. The molecule has 1 N–H and O–H groups in total. The third kappa shape index (κ3) is 4.94. The lowest BCUT2D eigenvalue weighted by molar-refractivity contribution is -0.121. The van der Waals surface area contributed by atoms with Crippen molar-refractivity contribution >= 4 is 56.1 Å². The smallest absolute Gasteiger partial charge is 0.255 e. The summed E-state index contributed by atoms with van der Waals surface area (Å²) in [6, 6.07) is 17.6. The quantitative estimate of drug-likeness (QED) is 0.457. The zero-order valence-electron chi connectivity index (χ0n) is 15.3. The molecule has 0 aliphatic heterocycles. The summed E-state index contributed by atoms with van der Waals surface area (Å²) in [6.45, 7) is -0.432. The first-order chi connectivity index (χ1) is 13.8.